The molecule has 1 aromatic carbocycles. The minimum absolute atomic E-state index is 0.105. The molecule has 0 aliphatic heterocycles. The molecule has 4 heteroatoms. The molecule has 0 heterocycles. The molecule has 3 nitrogen and oxygen atoms in total. The number of benzene rings is 1. The van der Waals surface area contributed by atoms with Crippen LogP contribution in [0.2, 0.25) is 0 Å². The molecular weight excluding hydrogens is 234 g/mol. The van der Waals surface area contributed by atoms with Gasteiger partial charge in [0, 0.05) is 24.7 Å². The fourth-order valence-corrected chi connectivity index (χ4v) is 1.94. The van der Waals surface area contributed by atoms with E-state index in [1.54, 1.807) is 6.92 Å². The van der Waals surface area contributed by atoms with Crippen LogP contribution >= 0.6 is 11.8 Å². The third-order valence-electron chi connectivity index (χ3n) is 2.33. The molecule has 1 aromatic rings. The maximum absolute atomic E-state index is 11.7. The molecule has 92 valence electrons. The van der Waals surface area contributed by atoms with Crippen molar-refractivity contribution in [2.24, 2.45) is 5.73 Å². The van der Waals surface area contributed by atoms with E-state index in [4.69, 9.17) is 5.73 Å². The van der Waals surface area contributed by atoms with Gasteiger partial charge in [-0.2, -0.15) is 0 Å². The topological polar surface area (TPSA) is 60.2 Å². The van der Waals surface area contributed by atoms with Gasteiger partial charge < -0.3 is 5.73 Å². The second-order valence-corrected chi connectivity index (χ2v) is 4.94. The summed E-state index contributed by atoms with van der Waals surface area (Å²) in [6, 6.07) is 7.42. The lowest BCUT2D eigenvalue weighted by atomic mass is 10.1. The summed E-state index contributed by atoms with van der Waals surface area (Å²) < 4.78 is 0. The Balaban J connectivity index is 2.55. The van der Waals surface area contributed by atoms with Crippen molar-refractivity contribution in [1.82, 2.24) is 0 Å². The summed E-state index contributed by atoms with van der Waals surface area (Å²) in [4.78, 5) is 22.5. The van der Waals surface area contributed by atoms with Crippen LogP contribution in [0, 0.1) is 0 Å². The van der Waals surface area contributed by atoms with E-state index >= 15 is 0 Å². The van der Waals surface area contributed by atoms with E-state index in [1.165, 1.54) is 11.8 Å². The van der Waals surface area contributed by atoms with Gasteiger partial charge in [0.15, 0.2) is 10.9 Å². The van der Waals surface area contributed by atoms with Crippen LogP contribution in [0.1, 0.15) is 35.7 Å². The molecule has 0 saturated heterocycles. The number of Topliss-reactive ketones (excluding diaryl/α,β-unsaturated/α-hetero) is 1. The van der Waals surface area contributed by atoms with Gasteiger partial charge >= 0.3 is 0 Å². The molecule has 0 unspecified atom stereocenters. The number of carbonyl (C=O) groups is 2. The highest BCUT2D eigenvalue weighted by molar-refractivity contribution is 8.12. The standard InChI is InChI=1S/C13H17NO2S/c1-10(15)17-9-11-4-6-12(7-5-11)13(16)3-2-8-14/h4-7H,2-3,8-9,14H2,1H3. The number of ketones is 1. The Morgan fingerprint density at radius 2 is 1.88 bits per heavy atom. The quantitative estimate of drug-likeness (QED) is 0.789. The summed E-state index contributed by atoms with van der Waals surface area (Å²) in [5.41, 5.74) is 7.13. The molecule has 0 radical (unpaired) electrons. The van der Waals surface area contributed by atoms with E-state index in [-0.39, 0.29) is 10.9 Å². The van der Waals surface area contributed by atoms with Crippen LogP contribution < -0.4 is 5.73 Å². The van der Waals surface area contributed by atoms with Crippen LogP contribution in [0.5, 0.6) is 0 Å². The van der Waals surface area contributed by atoms with Gasteiger partial charge in [-0.05, 0) is 18.5 Å². The molecular formula is C13H17NO2S. The fraction of sp³-hybridized carbons (Fsp3) is 0.385. The average Bonchev–Trinajstić information content (AvgIpc) is 2.34. The zero-order chi connectivity index (χ0) is 12.7. The Hall–Kier alpha value is -1.13. The summed E-state index contributed by atoms with van der Waals surface area (Å²) in [5, 5.41) is 0.105. The molecule has 0 saturated carbocycles. The Morgan fingerprint density at radius 1 is 1.24 bits per heavy atom. The average molecular weight is 251 g/mol. The fourth-order valence-electron chi connectivity index (χ4n) is 1.38. The van der Waals surface area contributed by atoms with Crippen LogP contribution in [-0.4, -0.2) is 17.4 Å². The number of hydrogen-bond donors (Lipinski definition) is 1. The van der Waals surface area contributed by atoms with Crippen molar-refractivity contribution in [3.63, 3.8) is 0 Å². The van der Waals surface area contributed by atoms with Gasteiger partial charge in [-0.15, -0.1) is 0 Å². The first kappa shape index (κ1) is 13.9. The lowest BCUT2D eigenvalue weighted by Crippen LogP contribution is -2.04. The Bertz CT molecular complexity index is 387. The zero-order valence-corrected chi connectivity index (χ0v) is 10.8. The summed E-state index contributed by atoms with van der Waals surface area (Å²) in [5.74, 6) is 0.785. The SMILES string of the molecule is CC(=O)SCc1ccc(C(=O)CCCN)cc1. The smallest absolute Gasteiger partial charge is 0.186 e. The highest BCUT2D eigenvalue weighted by Crippen LogP contribution is 2.14. The van der Waals surface area contributed by atoms with E-state index < -0.39 is 0 Å². The van der Waals surface area contributed by atoms with Crippen LogP contribution in [0.15, 0.2) is 24.3 Å². The highest BCUT2D eigenvalue weighted by Gasteiger charge is 2.05. The molecule has 0 spiro atoms. The second-order valence-electron chi connectivity index (χ2n) is 3.79. The normalized spacial score (nSPS) is 10.2. The maximum Gasteiger partial charge on any atom is 0.186 e. The van der Waals surface area contributed by atoms with Crippen LogP contribution in [-0.2, 0) is 10.5 Å². The maximum atomic E-state index is 11.7. The number of nitrogens with two attached hydrogens (primary N) is 1. The van der Waals surface area contributed by atoms with E-state index in [0.717, 1.165) is 17.5 Å². The van der Waals surface area contributed by atoms with Crippen molar-refractivity contribution in [2.45, 2.75) is 25.5 Å². The molecule has 0 atom stereocenters. The van der Waals surface area contributed by atoms with Gasteiger partial charge in [-0.1, -0.05) is 36.0 Å². The van der Waals surface area contributed by atoms with Gasteiger partial charge in [0.05, 0.1) is 0 Å². The number of rotatable bonds is 6. The van der Waals surface area contributed by atoms with Crippen molar-refractivity contribution < 1.29 is 9.59 Å². The van der Waals surface area contributed by atoms with E-state index in [1.807, 2.05) is 24.3 Å². The predicted molar refractivity (Wildman–Crippen MR) is 71.0 cm³/mol. The van der Waals surface area contributed by atoms with Gasteiger partial charge in [-0.3, -0.25) is 9.59 Å². The molecule has 2 N–H and O–H groups in total. The van der Waals surface area contributed by atoms with Crippen molar-refractivity contribution in [2.75, 3.05) is 6.54 Å². The van der Waals surface area contributed by atoms with Crippen molar-refractivity contribution in [3.8, 4) is 0 Å². The summed E-state index contributed by atoms with van der Waals surface area (Å²) in [7, 11) is 0. The number of thioether (sulfide) groups is 1. The van der Waals surface area contributed by atoms with Crippen LogP contribution in [0.3, 0.4) is 0 Å². The van der Waals surface area contributed by atoms with Crippen molar-refractivity contribution in [1.29, 1.82) is 0 Å². The molecule has 17 heavy (non-hydrogen) atoms. The third-order valence-corrected chi connectivity index (χ3v) is 3.21. The van der Waals surface area contributed by atoms with Gasteiger partial charge in [0.2, 0.25) is 0 Å². The molecule has 0 amide bonds. The summed E-state index contributed by atoms with van der Waals surface area (Å²) in [6.07, 6.45) is 1.22. The Labute approximate surface area is 106 Å². The van der Waals surface area contributed by atoms with Crippen LogP contribution in [0.4, 0.5) is 0 Å². The van der Waals surface area contributed by atoms with Gasteiger partial charge in [0.1, 0.15) is 0 Å². The van der Waals surface area contributed by atoms with Crippen molar-refractivity contribution in [3.05, 3.63) is 35.4 Å². The van der Waals surface area contributed by atoms with Crippen molar-refractivity contribution >= 4 is 22.7 Å². The minimum Gasteiger partial charge on any atom is -0.330 e. The lowest BCUT2D eigenvalue weighted by Gasteiger charge is -2.02. The predicted octanol–water partition coefficient (Wildman–Crippen LogP) is 2.39. The molecule has 0 bridgehead atoms. The first-order chi connectivity index (χ1) is 8.13. The Kier molecular flexibility index (Phi) is 5.94. The number of hydrogen-bond acceptors (Lipinski definition) is 4. The van der Waals surface area contributed by atoms with E-state index in [9.17, 15) is 9.59 Å². The molecule has 0 aliphatic carbocycles. The molecule has 0 fully saturated rings. The number of carbonyl (C=O) groups excluding carboxylic acids is 2. The third kappa shape index (κ3) is 5.15. The molecule has 0 aliphatic rings. The largest absolute Gasteiger partial charge is 0.330 e. The highest BCUT2D eigenvalue weighted by atomic mass is 32.2. The first-order valence-corrected chi connectivity index (χ1v) is 6.57. The summed E-state index contributed by atoms with van der Waals surface area (Å²) >= 11 is 1.27. The Morgan fingerprint density at radius 3 is 2.41 bits per heavy atom. The molecule has 1 rings (SSSR count). The van der Waals surface area contributed by atoms with Gasteiger partial charge in [0.25, 0.3) is 0 Å². The summed E-state index contributed by atoms with van der Waals surface area (Å²) in [6.45, 7) is 2.09. The lowest BCUT2D eigenvalue weighted by molar-refractivity contribution is -0.109. The van der Waals surface area contributed by atoms with E-state index in [0.29, 0.717) is 18.7 Å². The molecule has 0 aromatic heterocycles. The van der Waals surface area contributed by atoms with E-state index in [2.05, 4.69) is 0 Å². The monoisotopic (exact) mass is 251 g/mol. The van der Waals surface area contributed by atoms with Gasteiger partial charge in [-0.25, -0.2) is 0 Å². The second kappa shape index (κ2) is 7.25. The first-order valence-electron chi connectivity index (χ1n) is 5.59. The zero-order valence-electron chi connectivity index (χ0n) is 9.94. The van der Waals surface area contributed by atoms with Crippen LogP contribution in [0.25, 0.3) is 0 Å². The minimum atomic E-state index is 0.105.